The molecule has 4 aromatic heterocycles. The highest BCUT2D eigenvalue weighted by Crippen LogP contribution is 2.36. The van der Waals surface area contributed by atoms with Crippen LogP contribution in [0.4, 0.5) is 0 Å². The quantitative estimate of drug-likeness (QED) is 0.298. The molecular formula is C30H30N4O2S2. The van der Waals surface area contributed by atoms with Crippen LogP contribution < -0.4 is 11.1 Å². The van der Waals surface area contributed by atoms with Crippen LogP contribution in [0.1, 0.15) is 58.7 Å². The highest BCUT2D eigenvalue weighted by molar-refractivity contribution is 7.19. The van der Waals surface area contributed by atoms with Crippen LogP contribution in [-0.4, -0.2) is 19.1 Å². The van der Waals surface area contributed by atoms with Crippen molar-refractivity contribution in [2.24, 2.45) is 11.8 Å². The number of thiophene rings is 2. The molecule has 0 fully saturated rings. The van der Waals surface area contributed by atoms with Gasteiger partial charge in [-0.2, -0.15) is 0 Å². The fourth-order valence-corrected chi connectivity index (χ4v) is 8.87. The van der Waals surface area contributed by atoms with Gasteiger partial charge in [0.05, 0.1) is 36.5 Å². The van der Waals surface area contributed by atoms with Crippen LogP contribution in [0, 0.1) is 11.8 Å². The van der Waals surface area contributed by atoms with Crippen LogP contribution in [0.15, 0.2) is 46.5 Å². The van der Waals surface area contributed by atoms with E-state index in [1.54, 1.807) is 44.5 Å². The Balaban J connectivity index is 1.24. The van der Waals surface area contributed by atoms with Gasteiger partial charge in [-0.05, 0) is 72.6 Å². The monoisotopic (exact) mass is 542 g/mol. The molecule has 0 saturated heterocycles. The zero-order valence-corrected chi connectivity index (χ0v) is 23.3. The van der Waals surface area contributed by atoms with Gasteiger partial charge in [0.25, 0.3) is 11.1 Å². The van der Waals surface area contributed by atoms with Gasteiger partial charge in [0, 0.05) is 9.75 Å². The van der Waals surface area contributed by atoms with E-state index in [0.717, 1.165) is 70.1 Å². The van der Waals surface area contributed by atoms with Crippen LogP contribution in [-0.2, 0) is 38.8 Å². The molecular weight excluding hydrogens is 512 g/mol. The summed E-state index contributed by atoms with van der Waals surface area (Å²) < 4.78 is 3.46. The van der Waals surface area contributed by atoms with E-state index in [1.807, 2.05) is 24.3 Å². The highest BCUT2D eigenvalue weighted by Gasteiger charge is 2.25. The Labute approximate surface area is 228 Å². The summed E-state index contributed by atoms with van der Waals surface area (Å²) in [7, 11) is 0. The second-order valence-corrected chi connectivity index (χ2v) is 13.4. The van der Waals surface area contributed by atoms with Crippen molar-refractivity contribution in [3.8, 4) is 0 Å². The first-order valence-electron chi connectivity index (χ1n) is 13.5. The number of aromatic nitrogens is 4. The molecule has 0 saturated carbocycles. The number of nitrogens with zero attached hydrogens (tertiary/aromatic N) is 4. The van der Waals surface area contributed by atoms with Gasteiger partial charge in [-0.15, -0.1) is 22.7 Å². The third-order valence-corrected chi connectivity index (χ3v) is 10.7. The molecule has 1 aromatic carbocycles. The van der Waals surface area contributed by atoms with Crippen molar-refractivity contribution in [2.45, 2.75) is 65.5 Å². The smallest absolute Gasteiger partial charge is 0.262 e. The van der Waals surface area contributed by atoms with Crippen molar-refractivity contribution in [1.82, 2.24) is 19.1 Å². The minimum atomic E-state index is 0.0382. The molecule has 5 aromatic rings. The summed E-state index contributed by atoms with van der Waals surface area (Å²) in [5.74, 6) is 1.31. The first-order valence-corrected chi connectivity index (χ1v) is 15.2. The standard InChI is InChI=1S/C30H30N4O2S2/c1-17-7-9-21-23(11-17)37-27-25(21)29(35)33(15-31-27)13-19-5-3-4-6-20(19)14-34-16-32-28-26(30(34)36)22-10-8-18(2)12-24(22)38-28/h3-6,15-18H,7-14H2,1-2H3/t17-,18+. The Morgan fingerprint density at radius 3 is 1.66 bits per heavy atom. The van der Waals surface area contributed by atoms with E-state index in [1.165, 1.54) is 20.9 Å². The second-order valence-electron chi connectivity index (χ2n) is 11.2. The molecule has 194 valence electrons. The molecule has 0 amide bonds. The predicted octanol–water partition coefficient (Wildman–Crippen LogP) is 5.58. The van der Waals surface area contributed by atoms with Crippen molar-refractivity contribution < 1.29 is 0 Å². The van der Waals surface area contributed by atoms with Gasteiger partial charge in [0.15, 0.2) is 0 Å². The Bertz CT molecular complexity index is 1690. The van der Waals surface area contributed by atoms with Crippen molar-refractivity contribution in [3.63, 3.8) is 0 Å². The summed E-state index contributed by atoms with van der Waals surface area (Å²) in [6.07, 6.45) is 9.60. The lowest BCUT2D eigenvalue weighted by molar-refractivity contribution is 0.509. The van der Waals surface area contributed by atoms with Crippen molar-refractivity contribution >= 4 is 43.1 Å². The topological polar surface area (TPSA) is 69.8 Å². The maximum Gasteiger partial charge on any atom is 0.262 e. The van der Waals surface area contributed by atoms with E-state index in [2.05, 4.69) is 23.8 Å². The van der Waals surface area contributed by atoms with Gasteiger partial charge in [0.2, 0.25) is 0 Å². The molecule has 0 N–H and O–H groups in total. The normalized spacial score (nSPS) is 19.1. The van der Waals surface area contributed by atoms with Crippen LogP contribution in [0.5, 0.6) is 0 Å². The Morgan fingerprint density at radius 1 is 0.763 bits per heavy atom. The van der Waals surface area contributed by atoms with Gasteiger partial charge >= 0.3 is 0 Å². The van der Waals surface area contributed by atoms with E-state index in [4.69, 9.17) is 0 Å². The number of benzene rings is 1. The van der Waals surface area contributed by atoms with Crippen molar-refractivity contribution in [2.75, 3.05) is 0 Å². The molecule has 2 aliphatic carbocycles. The number of rotatable bonds is 4. The molecule has 4 heterocycles. The maximum atomic E-state index is 13.6. The molecule has 0 bridgehead atoms. The lowest BCUT2D eigenvalue weighted by Crippen LogP contribution is -2.24. The van der Waals surface area contributed by atoms with Crippen LogP contribution in [0.2, 0.25) is 0 Å². The third kappa shape index (κ3) is 3.96. The minimum absolute atomic E-state index is 0.0382. The second kappa shape index (κ2) is 9.27. The lowest BCUT2D eigenvalue weighted by atomic mass is 9.89. The molecule has 0 spiro atoms. The third-order valence-electron chi connectivity index (χ3n) is 8.36. The van der Waals surface area contributed by atoms with Gasteiger partial charge in [-0.1, -0.05) is 38.1 Å². The van der Waals surface area contributed by atoms with Crippen LogP contribution in [0.3, 0.4) is 0 Å². The molecule has 0 radical (unpaired) electrons. The highest BCUT2D eigenvalue weighted by atomic mass is 32.1. The average molecular weight is 543 g/mol. The lowest BCUT2D eigenvalue weighted by Gasteiger charge is -2.18. The summed E-state index contributed by atoms with van der Waals surface area (Å²) in [5.41, 5.74) is 4.53. The number of fused-ring (bicyclic) bond motifs is 6. The molecule has 2 atom stereocenters. The summed E-state index contributed by atoms with van der Waals surface area (Å²) >= 11 is 3.36. The fraction of sp³-hybridized carbons (Fsp3) is 0.400. The Hall–Kier alpha value is -3.10. The summed E-state index contributed by atoms with van der Waals surface area (Å²) in [6, 6.07) is 8.07. The largest absolute Gasteiger partial charge is 0.294 e. The van der Waals surface area contributed by atoms with E-state index in [-0.39, 0.29) is 11.1 Å². The summed E-state index contributed by atoms with van der Waals surface area (Å²) in [4.78, 5) is 41.0. The van der Waals surface area contributed by atoms with E-state index < -0.39 is 0 Å². The van der Waals surface area contributed by atoms with Crippen molar-refractivity contribution in [1.29, 1.82) is 0 Å². The summed E-state index contributed by atoms with van der Waals surface area (Å²) in [5, 5.41) is 1.61. The zero-order chi connectivity index (χ0) is 26.0. The van der Waals surface area contributed by atoms with E-state index >= 15 is 0 Å². The van der Waals surface area contributed by atoms with Crippen LogP contribution in [0.25, 0.3) is 20.4 Å². The van der Waals surface area contributed by atoms with Crippen LogP contribution >= 0.6 is 22.7 Å². The average Bonchev–Trinajstić information content (AvgIpc) is 3.46. The van der Waals surface area contributed by atoms with Gasteiger partial charge in [0.1, 0.15) is 9.66 Å². The number of aryl methyl sites for hydroxylation is 2. The van der Waals surface area contributed by atoms with E-state index in [0.29, 0.717) is 24.9 Å². The summed E-state index contributed by atoms with van der Waals surface area (Å²) in [6.45, 7) is 5.41. The first-order chi connectivity index (χ1) is 18.5. The fourth-order valence-electron chi connectivity index (χ4n) is 6.19. The van der Waals surface area contributed by atoms with Gasteiger partial charge < -0.3 is 0 Å². The minimum Gasteiger partial charge on any atom is -0.294 e. The van der Waals surface area contributed by atoms with Gasteiger partial charge in [-0.25, -0.2) is 9.97 Å². The molecule has 2 aliphatic rings. The number of hydrogen-bond donors (Lipinski definition) is 0. The first kappa shape index (κ1) is 24.0. The van der Waals surface area contributed by atoms with E-state index in [9.17, 15) is 9.59 Å². The Kier molecular flexibility index (Phi) is 5.85. The Morgan fingerprint density at radius 2 is 1.21 bits per heavy atom. The zero-order valence-electron chi connectivity index (χ0n) is 21.7. The maximum absolute atomic E-state index is 13.6. The molecule has 0 aliphatic heterocycles. The SMILES string of the molecule is C[C@@H]1CCc2c(sc3ncn(Cc4ccccc4Cn4cnc5sc6c(c5c4=O)CC[C@H](C)C6)c(=O)c23)C1. The number of hydrogen-bond acceptors (Lipinski definition) is 6. The molecule has 7 rings (SSSR count). The van der Waals surface area contributed by atoms with Gasteiger partial charge in [-0.3, -0.25) is 18.7 Å². The molecule has 38 heavy (non-hydrogen) atoms. The molecule has 0 unspecified atom stereocenters. The predicted molar refractivity (Wildman–Crippen MR) is 155 cm³/mol. The molecule has 8 heteroatoms. The molecule has 6 nitrogen and oxygen atoms in total. The van der Waals surface area contributed by atoms with Crippen molar-refractivity contribution in [3.05, 3.63) is 89.6 Å².